The molecule has 7 heteroatoms. The van der Waals surface area contributed by atoms with Crippen LogP contribution in [-0.4, -0.2) is 35.9 Å². The molecule has 0 amide bonds. The maximum Gasteiger partial charge on any atom is 0.151 e. The normalized spacial score (nSPS) is 11.8. The van der Waals surface area contributed by atoms with Crippen LogP contribution < -0.4 is 0 Å². The van der Waals surface area contributed by atoms with Crippen molar-refractivity contribution < 1.29 is 9.53 Å². The monoisotopic (exact) mass is 387 g/mol. The number of hydrogen-bond donors (Lipinski definition) is 1. The van der Waals surface area contributed by atoms with Crippen LogP contribution in [0, 0.1) is 0 Å². The van der Waals surface area contributed by atoms with Crippen LogP contribution in [0.5, 0.6) is 0 Å². The van der Waals surface area contributed by atoms with E-state index in [0.717, 1.165) is 41.3 Å². The number of aldehydes is 1. The molecule has 0 saturated carbocycles. The second-order valence-corrected chi connectivity index (χ2v) is 13.5. The Balaban J connectivity index is 1.79. The second kappa shape index (κ2) is 7.69. The first-order valence-electron chi connectivity index (χ1n) is 8.53. The molecular formula is C19H22ClN3O2Si. The summed E-state index contributed by atoms with van der Waals surface area (Å²) in [7, 11) is -1.10. The molecule has 0 fully saturated rings. The van der Waals surface area contributed by atoms with Crippen molar-refractivity contribution in [2.24, 2.45) is 0 Å². The third kappa shape index (κ3) is 4.38. The maximum atomic E-state index is 10.8. The number of H-pyrrole nitrogens is 1. The molecule has 0 aliphatic heterocycles. The highest BCUT2D eigenvalue weighted by atomic mass is 35.5. The number of fused-ring (bicyclic) bond motifs is 1. The van der Waals surface area contributed by atoms with Gasteiger partial charge in [0.25, 0.3) is 0 Å². The molecule has 0 atom stereocenters. The third-order valence-electron chi connectivity index (χ3n) is 4.12. The lowest BCUT2D eigenvalue weighted by Crippen LogP contribution is -2.21. The van der Waals surface area contributed by atoms with E-state index in [4.69, 9.17) is 16.3 Å². The molecule has 136 valence electrons. The lowest BCUT2D eigenvalue weighted by atomic mass is 10.2. The van der Waals surface area contributed by atoms with Crippen molar-refractivity contribution in [3.63, 3.8) is 0 Å². The number of halogens is 1. The number of nitrogens with zero attached hydrogens (tertiary/aromatic N) is 2. The van der Waals surface area contributed by atoms with Gasteiger partial charge in [0.1, 0.15) is 5.65 Å². The summed E-state index contributed by atoms with van der Waals surface area (Å²) in [5, 5.41) is 1.49. The van der Waals surface area contributed by atoms with E-state index in [2.05, 4.69) is 34.6 Å². The zero-order valence-electron chi connectivity index (χ0n) is 15.2. The van der Waals surface area contributed by atoms with Crippen LogP contribution >= 0.6 is 11.6 Å². The maximum absolute atomic E-state index is 10.8. The summed E-state index contributed by atoms with van der Waals surface area (Å²) in [4.78, 5) is 22.7. The SMILES string of the molecule is C[Si](C)(C)CCOCc1cnc2[nH]c(-c3ccc(C=O)cn3)cc2c1Cl. The van der Waals surface area contributed by atoms with Crippen molar-refractivity contribution in [2.45, 2.75) is 32.3 Å². The summed E-state index contributed by atoms with van der Waals surface area (Å²) >= 11 is 6.56. The molecule has 3 aromatic rings. The molecule has 3 aromatic heterocycles. The minimum absolute atomic E-state index is 0.457. The first kappa shape index (κ1) is 18.8. The number of aromatic nitrogens is 3. The molecule has 0 aliphatic rings. The Morgan fingerprint density at radius 1 is 1.23 bits per heavy atom. The van der Waals surface area contributed by atoms with Gasteiger partial charge in [0.15, 0.2) is 6.29 Å². The summed E-state index contributed by atoms with van der Waals surface area (Å²) in [6, 6.07) is 6.58. The Bertz CT molecular complexity index is 917. The van der Waals surface area contributed by atoms with Gasteiger partial charge in [-0.15, -0.1) is 0 Å². The van der Waals surface area contributed by atoms with E-state index in [1.54, 1.807) is 24.5 Å². The summed E-state index contributed by atoms with van der Waals surface area (Å²) in [5.41, 5.74) is 3.67. The Morgan fingerprint density at radius 2 is 2.04 bits per heavy atom. The summed E-state index contributed by atoms with van der Waals surface area (Å²) in [6.45, 7) is 8.18. The molecule has 3 rings (SSSR count). The number of ether oxygens (including phenoxy) is 1. The topological polar surface area (TPSA) is 67.9 Å². The van der Waals surface area contributed by atoms with E-state index >= 15 is 0 Å². The van der Waals surface area contributed by atoms with E-state index in [1.807, 2.05) is 6.07 Å². The summed E-state index contributed by atoms with van der Waals surface area (Å²) < 4.78 is 5.80. The minimum Gasteiger partial charge on any atom is -0.377 e. The predicted molar refractivity (Wildman–Crippen MR) is 108 cm³/mol. The highest BCUT2D eigenvalue weighted by Crippen LogP contribution is 2.30. The molecule has 0 aromatic carbocycles. The molecule has 1 N–H and O–H groups in total. The number of nitrogens with one attached hydrogen (secondary N) is 1. The number of rotatable bonds is 7. The van der Waals surface area contributed by atoms with E-state index in [9.17, 15) is 4.79 Å². The van der Waals surface area contributed by atoms with Gasteiger partial charge in [0.05, 0.1) is 23.0 Å². The van der Waals surface area contributed by atoms with Crippen LogP contribution in [0.25, 0.3) is 22.4 Å². The van der Waals surface area contributed by atoms with Crippen LogP contribution in [0.4, 0.5) is 0 Å². The van der Waals surface area contributed by atoms with Gasteiger partial charge < -0.3 is 9.72 Å². The van der Waals surface area contributed by atoms with Crippen molar-refractivity contribution in [3.8, 4) is 11.4 Å². The Kier molecular flexibility index (Phi) is 5.55. The molecule has 0 spiro atoms. The fourth-order valence-electron chi connectivity index (χ4n) is 2.52. The number of pyridine rings is 2. The van der Waals surface area contributed by atoms with Gasteiger partial charge in [-0.1, -0.05) is 31.2 Å². The summed E-state index contributed by atoms with van der Waals surface area (Å²) in [5.74, 6) is 0. The minimum atomic E-state index is -1.10. The van der Waals surface area contributed by atoms with Gasteiger partial charge >= 0.3 is 0 Å². The average Bonchev–Trinajstić information content (AvgIpc) is 3.05. The van der Waals surface area contributed by atoms with Gasteiger partial charge in [0.2, 0.25) is 0 Å². The highest BCUT2D eigenvalue weighted by molar-refractivity contribution is 6.76. The lowest BCUT2D eigenvalue weighted by molar-refractivity contribution is 0.112. The zero-order valence-corrected chi connectivity index (χ0v) is 16.9. The van der Waals surface area contributed by atoms with Gasteiger partial charge in [-0.05, 0) is 24.2 Å². The molecule has 0 saturated heterocycles. The van der Waals surface area contributed by atoms with Gasteiger partial charge in [-0.25, -0.2) is 4.98 Å². The Labute approximate surface area is 158 Å². The fraction of sp³-hybridized carbons (Fsp3) is 0.316. The molecule has 0 bridgehead atoms. The standard InChI is InChI=1S/C19H22ClN3O2Si/c1-26(2,3)7-6-25-12-14-10-22-19-15(18(14)20)8-17(23-19)16-5-4-13(11-24)9-21-16/h4-5,8-11H,6-7,12H2,1-3H3,(H,22,23). The van der Waals surface area contributed by atoms with E-state index < -0.39 is 8.07 Å². The van der Waals surface area contributed by atoms with Crippen molar-refractivity contribution in [3.05, 3.63) is 46.7 Å². The lowest BCUT2D eigenvalue weighted by Gasteiger charge is -2.15. The molecule has 0 unspecified atom stereocenters. The zero-order chi connectivity index (χ0) is 18.7. The molecule has 0 aliphatic carbocycles. The third-order valence-corrected chi connectivity index (χ3v) is 6.27. The second-order valence-electron chi connectivity index (χ2n) is 7.50. The van der Waals surface area contributed by atoms with Crippen molar-refractivity contribution in [1.82, 2.24) is 15.0 Å². The van der Waals surface area contributed by atoms with Crippen LogP contribution in [0.2, 0.25) is 30.7 Å². The largest absolute Gasteiger partial charge is 0.377 e. The van der Waals surface area contributed by atoms with Crippen LogP contribution in [0.15, 0.2) is 30.6 Å². The van der Waals surface area contributed by atoms with Crippen LogP contribution in [0.1, 0.15) is 15.9 Å². The Hall–Kier alpha value is -2.02. The number of hydrogen-bond acceptors (Lipinski definition) is 4. The van der Waals surface area contributed by atoms with Crippen molar-refractivity contribution in [2.75, 3.05) is 6.61 Å². The van der Waals surface area contributed by atoms with Gasteiger partial charge in [-0.2, -0.15) is 0 Å². The average molecular weight is 388 g/mol. The number of carbonyl (C=O) groups is 1. The molecule has 5 nitrogen and oxygen atoms in total. The van der Waals surface area contributed by atoms with E-state index in [1.165, 1.54) is 0 Å². The van der Waals surface area contributed by atoms with Gasteiger partial charge in [0, 0.05) is 43.6 Å². The van der Waals surface area contributed by atoms with Crippen LogP contribution in [-0.2, 0) is 11.3 Å². The van der Waals surface area contributed by atoms with Crippen molar-refractivity contribution in [1.29, 1.82) is 0 Å². The molecule has 26 heavy (non-hydrogen) atoms. The molecule has 0 radical (unpaired) electrons. The van der Waals surface area contributed by atoms with Crippen LogP contribution in [0.3, 0.4) is 0 Å². The number of carbonyl (C=O) groups excluding carboxylic acids is 1. The smallest absolute Gasteiger partial charge is 0.151 e. The predicted octanol–water partition coefficient (Wildman–Crippen LogP) is 4.95. The summed E-state index contributed by atoms with van der Waals surface area (Å²) in [6.07, 6.45) is 4.07. The fourth-order valence-corrected chi connectivity index (χ4v) is 3.52. The van der Waals surface area contributed by atoms with Gasteiger partial charge in [-0.3, -0.25) is 9.78 Å². The van der Waals surface area contributed by atoms with Crippen molar-refractivity contribution >= 4 is 37.0 Å². The molecule has 3 heterocycles. The quantitative estimate of drug-likeness (QED) is 0.354. The first-order chi connectivity index (χ1) is 12.4. The number of aromatic amines is 1. The highest BCUT2D eigenvalue weighted by Gasteiger charge is 2.14. The van der Waals surface area contributed by atoms with E-state index in [0.29, 0.717) is 22.8 Å². The molecular weight excluding hydrogens is 366 g/mol. The van der Waals surface area contributed by atoms with E-state index in [-0.39, 0.29) is 0 Å². The Morgan fingerprint density at radius 3 is 2.69 bits per heavy atom. The first-order valence-corrected chi connectivity index (χ1v) is 12.6.